The lowest BCUT2D eigenvalue weighted by molar-refractivity contribution is -0.150. The van der Waals surface area contributed by atoms with Gasteiger partial charge in [0.25, 0.3) is 11.8 Å². The minimum atomic E-state index is -0.959. The summed E-state index contributed by atoms with van der Waals surface area (Å²) in [5, 5.41) is 4.80. The van der Waals surface area contributed by atoms with Crippen molar-refractivity contribution < 1.29 is 28.2 Å². The van der Waals surface area contributed by atoms with Crippen LogP contribution in [0.15, 0.2) is 54.6 Å². The summed E-state index contributed by atoms with van der Waals surface area (Å²) in [6, 6.07) is 13.1. The fourth-order valence-electron chi connectivity index (χ4n) is 2.03. The summed E-state index contributed by atoms with van der Waals surface area (Å²) >= 11 is 0. The lowest BCUT2D eigenvalue weighted by atomic mass is 10.3. The molecule has 0 aliphatic carbocycles. The number of benzene rings is 2. The van der Waals surface area contributed by atoms with E-state index in [2.05, 4.69) is 10.6 Å². The zero-order chi connectivity index (χ0) is 19.6. The number of amides is 2. The number of carbonyl (C=O) groups is 3. The second kappa shape index (κ2) is 9.91. The molecule has 0 unspecified atom stereocenters. The third kappa shape index (κ3) is 7.15. The normalized spacial score (nSPS) is 11.2. The highest BCUT2D eigenvalue weighted by molar-refractivity contribution is 5.93. The number of hydrogen-bond donors (Lipinski definition) is 2. The van der Waals surface area contributed by atoms with E-state index in [9.17, 15) is 18.8 Å². The van der Waals surface area contributed by atoms with Gasteiger partial charge < -0.3 is 20.1 Å². The molecule has 2 aromatic carbocycles. The number of nitrogens with one attached hydrogen (secondary N) is 2. The highest BCUT2D eigenvalue weighted by atomic mass is 19.1. The number of carbonyl (C=O) groups excluding carboxylic acids is 3. The average Bonchev–Trinajstić information content (AvgIpc) is 2.65. The van der Waals surface area contributed by atoms with Gasteiger partial charge in [0, 0.05) is 5.69 Å². The molecule has 0 aliphatic heterocycles. The summed E-state index contributed by atoms with van der Waals surface area (Å²) in [6.45, 7) is 0.602. The molecular weight excluding hydrogens is 355 g/mol. The predicted molar refractivity (Wildman–Crippen MR) is 95.5 cm³/mol. The highest BCUT2D eigenvalue weighted by Crippen LogP contribution is 2.09. The fourth-order valence-corrected chi connectivity index (χ4v) is 2.03. The first-order chi connectivity index (χ1) is 12.9. The largest absolute Gasteiger partial charge is 0.484 e. The van der Waals surface area contributed by atoms with E-state index in [-0.39, 0.29) is 12.3 Å². The van der Waals surface area contributed by atoms with E-state index in [1.54, 1.807) is 24.3 Å². The van der Waals surface area contributed by atoms with Crippen LogP contribution in [-0.2, 0) is 19.1 Å². The Hall–Kier alpha value is -3.42. The van der Waals surface area contributed by atoms with Crippen molar-refractivity contribution in [3.8, 4) is 5.75 Å². The first-order valence-corrected chi connectivity index (χ1v) is 8.13. The Morgan fingerprint density at radius 3 is 2.44 bits per heavy atom. The lowest BCUT2D eigenvalue weighted by Gasteiger charge is -2.14. The monoisotopic (exact) mass is 374 g/mol. The van der Waals surface area contributed by atoms with Gasteiger partial charge in [-0.05, 0) is 37.3 Å². The third-order valence-electron chi connectivity index (χ3n) is 3.30. The van der Waals surface area contributed by atoms with Crippen LogP contribution in [0.4, 0.5) is 10.1 Å². The summed E-state index contributed by atoms with van der Waals surface area (Å²) in [6.07, 6.45) is 0. The SMILES string of the molecule is C[C@H](NC(=O)COc1ccccc1)C(=O)OCC(=O)Nc1cccc(F)c1. The van der Waals surface area contributed by atoms with E-state index in [1.807, 2.05) is 6.07 Å². The molecule has 0 spiro atoms. The van der Waals surface area contributed by atoms with Gasteiger partial charge in [-0.15, -0.1) is 0 Å². The molecule has 0 radical (unpaired) electrons. The molecule has 8 heteroatoms. The van der Waals surface area contributed by atoms with Gasteiger partial charge in [-0.1, -0.05) is 24.3 Å². The van der Waals surface area contributed by atoms with Crippen LogP contribution in [0.2, 0.25) is 0 Å². The smallest absolute Gasteiger partial charge is 0.328 e. The number of anilines is 1. The quantitative estimate of drug-likeness (QED) is 0.689. The molecule has 0 fully saturated rings. The van der Waals surface area contributed by atoms with Crippen LogP contribution < -0.4 is 15.4 Å². The third-order valence-corrected chi connectivity index (χ3v) is 3.30. The van der Waals surface area contributed by atoms with Crippen molar-refractivity contribution in [2.45, 2.75) is 13.0 Å². The Bertz CT molecular complexity index is 798. The maximum Gasteiger partial charge on any atom is 0.328 e. The molecule has 0 bridgehead atoms. The molecule has 27 heavy (non-hydrogen) atoms. The van der Waals surface area contributed by atoms with Crippen LogP contribution in [-0.4, -0.2) is 37.0 Å². The molecule has 2 aromatic rings. The Kier molecular flexibility index (Phi) is 7.30. The maximum atomic E-state index is 13.0. The van der Waals surface area contributed by atoms with Crippen molar-refractivity contribution in [2.24, 2.45) is 0 Å². The second-order valence-corrected chi connectivity index (χ2v) is 5.56. The predicted octanol–water partition coefficient (Wildman–Crippen LogP) is 1.89. The lowest BCUT2D eigenvalue weighted by Crippen LogP contribution is -2.42. The number of ether oxygens (including phenoxy) is 2. The summed E-state index contributed by atoms with van der Waals surface area (Å²) in [5.41, 5.74) is 0.246. The number of esters is 1. The van der Waals surface area contributed by atoms with Gasteiger partial charge in [0.15, 0.2) is 13.2 Å². The first kappa shape index (κ1) is 19.9. The molecular formula is C19H19FN2O5. The molecule has 142 valence electrons. The average molecular weight is 374 g/mol. The zero-order valence-electron chi connectivity index (χ0n) is 14.6. The molecule has 0 aromatic heterocycles. The highest BCUT2D eigenvalue weighted by Gasteiger charge is 2.18. The first-order valence-electron chi connectivity index (χ1n) is 8.13. The van der Waals surface area contributed by atoms with E-state index in [4.69, 9.17) is 9.47 Å². The van der Waals surface area contributed by atoms with Gasteiger partial charge in [-0.3, -0.25) is 9.59 Å². The maximum absolute atomic E-state index is 13.0. The fraction of sp³-hybridized carbons (Fsp3) is 0.211. The van der Waals surface area contributed by atoms with Gasteiger partial charge in [0.2, 0.25) is 0 Å². The molecule has 1 atom stereocenters. The number of halogens is 1. The topological polar surface area (TPSA) is 93.7 Å². The van der Waals surface area contributed by atoms with E-state index < -0.39 is 36.2 Å². The van der Waals surface area contributed by atoms with Crippen LogP contribution in [0.25, 0.3) is 0 Å². The molecule has 0 saturated carbocycles. The molecule has 0 saturated heterocycles. The Balaban J connectivity index is 1.69. The van der Waals surface area contributed by atoms with Crippen molar-refractivity contribution in [1.29, 1.82) is 0 Å². The summed E-state index contributed by atoms with van der Waals surface area (Å²) in [7, 11) is 0. The summed E-state index contributed by atoms with van der Waals surface area (Å²) in [4.78, 5) is 35.3. The van der Waals surface area contributed by atoms with Crippen LogP contribution in [0.3, 0.4) is 0 Å². The van der Waals surface area contributed by atoms with Crippen molar-refractivity contribution in [3.05, 3.63) is 60.4 Å². The number of hydrogen-bond acceptors (Lipinski definition) is 5. The number of para-hydroxylation sites is 1. The Morgan fingerprint density at radius 1 is 1.00 bits per heavy atom. The molecule has 2 amide bonds. The van der Waals surface area contributed by atoms with E-state index >= 15 is 0 Å². The molecule has 7 nitrogen and oxygen atoms in total. The van der Waals surface area contributed by atoms with Crippen molar-refractivity contribution in [3.63, 3.8) is 0 Å². The summed E-state index contributed by atoms with van der Waals surface area (Å²) < 4.78 is 23.1. The Labute approximate surface area is 155 Å². The molecule has 2 rings (SSSR count). The van der Waals surface area contributed by atoms with Gasteiger partial charge in [0.1, 0.15) is 17.6 Å². The summed E-state index contributed by atoms with van der Waals surface area (Å²) in [5.74, 6) is -1.89. The second-order valence-electron chi connectivity index (χ2n) is 5.56. The van der Waals surface area contributed by atoms with Gasteiger partial charge in [-0.2, -0.15) is 0 Å². The van der Waals surface area contributed by atoms with Crippen LogP contribution in [0, 0.1) is 5.82 Å². The zero-order valence-corrected chi connectivity index (χ0v) is 14.6. The molecule has 0 aliphatic rings. The van der Waals surface area contributed by atoms with Gasteiger partial charge in [0.05, 0.1) is 0 Å². The van der Waals surface area contributed by atoms with Crippen molar-refractivity contribution >= 4 is 23.5 Å². The molecule has 0 heterocycles. The molecule has 2 N–H and O–H groups in total. The van der Waals surface area contributed by atoms with E-state index in [1.165, 1.54) is 25.1 Å². The van der Waals surface area contributed by atoms with E-state index in [0.717, 1.165) is 6.07 Å². The van der Waals surface area contributed by atoms with Gasteiger partial charge >= 0.3 is 5.97 Å². The van der Waals surface area contributed by atoms with Crippen LogP contribution in [0.1, 0.15) is 6.92 Å². The van der Waals surface area contributed by atoms with Crippen LogP contribution in [0.5, 0.6) is 5.75 Å². The Morgan fingerprint density at radius 2 is 1.74 bits per heavy atom. The van der Waals surface area contributed by atoms with Crippen molar-refractivity contribution in [1.82, 2.24) is 5.32 Å². The minimum Gasteiger partial charge on any atom is -0.484 e. The standard InChI is InChI=1S/C19H19FN2O5/c1-13(21-17(23)11-26-16-8-3-2-4-9-16)19(25)27-12-18(24)22-15-7-5-6-14(20)10-15/h2-10,13H,11-12H2,1H3,(H,21,23)(H,22,24)/t13-/m0/s1. The number of rotatable bonds is 8. The van der Waals surface area contributed by atoms with Gasteiger partial charge in [-0.25, -0.2) is 9.18 Å². The van der Waals surface area contributed by atoms with Crippen molar-refractivity contribution in [2.75, 3.05) is 18.5 Å². The van der Waals surface area contributed by atoms with E-state index in [0.29, 0.717) is 5.75 Å². The van der Waals surface area contributed by atoms with Crippen LogP contribution >= 0.6 is 0 Å². The minimum absolute atomic E-state index is 0.246.